The molecule has 0 saturated heterocycles. The van der Waals surface area contributed by atoms with E-state index in [0.717, 1.165) is 11.5 Å². The smallest absolute Gasteiger partial charge is 0.207 e. The van der Waals surface area contributed by atoms with Crippen molar-refractivity contribution in [2.24, 2.45) is 0 Å². The van der Waals surface area contributed by atoms with Gasteiger partial charge in [0.1, 0.15) is 0 Å². The highest BCUT2D eigenvalue weighted by atomic mass is 35.5. The molecule has 1 amide bonds. The van der Waals surface area contributed by atoms with Crippen LogP contribution < -0.4 is 5.32 Å². The fourth-order valence-electron chi connectivity index (χ4n) is 0.805. The molecule has 0 aliphatic heterocycles. The van der Waals surface area contributed by atoms with Gasteiger partial charge >= 0.3 is 0 Å². The van der Waals surface area contributed by atoms with Crippen LogP contribution in [0, 0.1) is 0 Å². The van der Waals surface area contributed by atoms with Gasteiger partial charge < -0.3 is 5.32 Å². The predicted molar refractivity (Wildman–Crippen MR) is 40.7 cm³/mol. The Balaban J connectivity index is 2.44. The highest BCUT2D eigenvalue weighted by Gasteiger charge is 2.04. The lowest BCUT2D eigenvalue weighted by molar-refractivity contribution is -0.109. The Hall–Kier alpha value is -0.760. The van der Waals surface area contributed by atoms with Crippen LogP contribution >= 0.6 is 11.6 Å². The second kappa shape index (κ2) is 3.42. The monoisotopic (exact) mass is 157 g/mol. The van der Waals surface area contributed by atoms with E-state index in [0.29, 0.717) is 6.41 Å². The molecule has 1 unspecified atom stereocenters. The number of carbonyl (C=O) groups is 1. The quantitative estimate of drug-likeness (QED) is 0.600. The first kappa shape index (κ1) is 7.35. The Kier molecular flexibility index (Phi) is 2.51. The summed E-state index contributed by atoms with van der Waals surface area (Å²) < 4.78 is 0. The third-order valence-corrected chi connectivity index (χ3v) is 1.62. The standard InChI is InChI=1S/C7H8ClNO/c8-6-1-3-7(4-2-6)9-5-10/h1-3,5,7H,4H2,(H,9,10). The van der Waals surface area contributed by atoms with Crippen molar-refractivity contribution in [2.45, 2.75) is 12.5 Å². The average molecular weight is 158 g/mol. The summed E-state index contributed by atoms with van der Waals surface area (Å²) >= 11 is 5.64. The van der Waals surface area contributed by atoms with E-state index in [2.05, 4.69) is 5.32 Å². The van der Waals surface area contributed by atoms with Crippen molar-refractivity contribution in [1.82, 2.24) is 5.32 Å². The van der Waals surface area contributed by atoms with Gasteiger partial charge in [-0.2, -0.15) is 0 Å². The van der Waals surface area contributed by atoms with E-state index in [-0.39, 0.29) is 6.04 Å². The normalized spacial score (nSPS) is 23.7. The summed E-state index contributed by atoms with van der Waals surface area (Å²) in [6, 6.07) is 0.125. The summed E-state index contributed by atoms with van der Waals surface area (Å²) in [6.07, 6.45) is 7.02. The number of halogens is 1. The molecular formula is C7H8ClNO. The van der Waals surface area contributed by atoms with Crippen molar-refractivity contribution >= 4 is 18.0 Å². The van der Waals surface area contributed by atoms with Crippen LogP contribution in [0.15, 0.2) is 23.3 Å². The van der Waals surface area contributed by atoms with Gasteiger partial charge in [-0.1, -0.05) is 23.8 Å². The molecule has 1 atom stereocenters. The molecule has 0 spiro atoms. The lowest BCUT2D eigenvalue weighted by Crippen LogP contribution is -2.25. The number of rotatable bonds is 2. The van der Waals surface area contributed by atoms with E-state index in [1.165, 1.54) is 0 Å². The zero-order valence-electron chi connectivity index (χ0n) is 5.38. The highest BCUT2D eigenvalue weighted by molar-refractivity contribution is 6.31. The van der Waals surface area contributed by atoms with Gasteiger partial charge in [0.05, 0.1) is 6.04 Å². The Morgan fingerprint density at radius 3 is 3.10 bits per heavy atom. The SMILES string of the molecule is O=CNC1C=CC(Cl)=CC1. The minimum atomic E-state index is 0.125. The van der Waals surface area contributed by atoms with Crippen LogP contribution in [0.1, 0.15) is 6.42 Å². The number of allylic oxidation sites excluding steroid dienone is 2. The predicted octanol–water partition coefficient (Wildman–Crippen LogP) is 1.18. The van der Waals surface area contributed by atoms with Crippen LogP contribution in [0.25, 0.3) is 0 Å². The van der Waals surface area contributed by atoms with Crippen LogP contribution in [0.5, 0.6) is 0 Å². The summed E-state index contributed by atoms with van der Waals surface area (Å²) in [5.41, 5.74) is 0. The topological polar surface area (TPSA) is 29.1 Å². The lowest BCUT2D eigenvalue weighted by atomic mass is 10.1. The summed E-state index contributed by atoms with van der Waals surface area (Å²) in [6.45, 7) is 0. The molecular weight excluding hydrogens is 150 g/mol. The maximum Gasteiger partial charge on any atom is 0.207 e. The van der Waals surface area contributed by atoms with E-state index < -0.39 is 0 Å². The van der Waals surface area contributed by atoms with Gasteiger partial charge in [-0.3, -0.25) is 4.79 Å². The Bertz CT molecular complexity index is 186. The molecule has 1 rings (SSSR count). The molecule has 0 aromatic carbocycles. The fourth-order valence-corrected chi connectivity index (χ4v) is 0.967. The van der Waals surface area contributed by atoms with Crippen molar-refractivity contribution in [2.75, 3.05) is 0 Å². The van der Waals surface area contributed by atoms with Gasteiger partial charge in [0.2, 0.25) is 6.41 Å². The van der Waals surface area contributed by atoms with E-state index in [1.54, 1.807) is 6.08 Å². The third-order valence-electron chi connectivity index (χ3n) is 1.34. The van der Waals surface area contributed by atoms with Crippen LogP contribution in [0.2, 0.25) is 0 Å². The molecule has 1 aliphatic rings. The van der Waals surface area contributed by atoms with Gasteiger partial charge in [0.25, 0.3) is 0 Å². The first-order valence-corrected chi connectivity index (χ1v) is 3.44. The molecule has 1 N–H and O–H groups in total. The number of amides is 1. The maximum absolute atomic E-state index is 9.96. The largest absolute Gasteiger partial charge is 0.352 e. The molecule has 2 nitrogen and oxygen atoms in total. The van der Waals surface area contributed by atoms with Crippen molar-refractivity contribution in [3.8, 4) is 0 Å². The van der Waals surface area contributed by atoms with Crippen molar-refractivity contribution in [3.05, 3.63) is 23.3 Å². The number of nitrogens with one attached hydrogen (secondary N) is 1. The summed E-state index contributed by atoms with van der Waals surface area (Å²) in [4.78, 5) is 9.96. The molecule has 10 heavy (non-hydrogen) atoms. The number of carbonyl (C=O) groups excluding carboxylic acids is 1. The van der Waals surface area contributed by atoms with Crippen LogP contribution in [-0.4, -0.2) is 12.5 Å². The minimum Gasteiger partial charge on any atom is -0.352 e. The molecule has 3 heteroatoms. The molecule has 1 aliphatic carbocycles. The molecule has 0 radical (unpaired) electrons. The van der Waals surface area contributed by atoms with E-state index >= 15 is 0 Å². The molecule has 0 fully saturated rings. The average Bonchev–Trinajstić information content (AvgIpc) is 1.95. The molecule has 0 aromatic rings. The van der Waals surface area contributed by atoms with Gasteiger partial charge in [0, 0.05) is 5.03 Å². The van der Waals surface area contributed by atoms with Gasteiger partial charge in [-0.25, -0.2) is 0 Å². The number of hydrogen-bond acceptors (Lipinski definition) is 1. The van der Waals surface area contributed by atoms with Gasteiger partial charge in [0.15, 0.2) is 0 Å². The lowest BCUT2D eigenvalue weighted by Gasteiger charge is -2.11. The molecule has 0 saturated carbocycles. The summed E-state index contributed by atoms with van der Waals surface area (Å²) in [5, 5.41) is 3.37. The third kappa shape index (κ3) is 1.88. The van der Waals surface area contributed by atoms with E-state index in [9.17, 15) is 4.79 Å². The Morgan fingerprint density at radius 1 is 1.80 bits per heavy atom. The van der Waals surface area contributed by atoms with Crippen LogP contribution in [-0.2, 0) is 4.79 Å². The Morgan fingerprint density at radius 2 is 2.60 bits per heavy atom. The van der Waals surface area contributed by atoms with Crippen LogP contribution in [0.3, 0.4) is 0 Å². The molecule has 54 valence electrons. The maximum atomic E-state index is 9.96. The first-order chi connectivity index (χ1) is 4.83. The van der Waals surface area contributed by atoms with Crippen molar-refractivity contribution in [1.29, 1.82) is 0 Å². The van der Waals surface area contributed by atoms with Crippen molar-refractivity contribution in [3.63, 3.8) is 0 Å². The fraction of sp³-hybridized carbons (Fsp3) is 0.286. The van der Waals surface area contributed by atoms with Crippen molar-refractivity contribution < 1.29 is 4.79 Å². The zero-order chi connectivity index (χ0) is 7.40. The second-order valence-corrected chi connectivity index (χ2v) is 2.51. The Labute approximate surface area is 64.6 Å². The van der Waals surface area contributed by atoms with Gasteiger partial charge in [-0.05, 0) is 12.5 Å². The number of hydrogen-bond donors (Lipinski definition) is 1. The minimum absolute atomic E-state index is 0.125. The van der Waals surface area contributed by atoms with Crippen LogP contribution in [0.4, 0.5) is 0 Å². The zero-order valence-corrected chi connectivity index (χ0v) is 6.14. The van der Waals surface area contributed by atoms with Gasteiger partial charge in [-0.15, -0.1) is 0 Å². The molecule has 0 heterocycles. The first-order valence-electron chi connectivity index (χ1n) is 3.06. The van der Waals surface area contributed by atoms with E-state index in [1.807, 2.05) is 12.2 Å². The van der Waals surface area contributed by atoms with E-state index in [4.69, 9.17) is 11.6 Å². The second-order valence-electron chi connectivity index (χ2n) is 2.07. The highest BCUT2D eigenvalue weighted by Crippen LogP contribution is 2.12. The molecule has 0 bridgehead atoms. The summed E-state index contributed by atoms with van der Waals surface area (Å²) in [5.74, 6) is 0. The molecule has 0 aromatic heterocycles. The summed E-state index contributed by atoms with van der Waals surface area (Å²) in [7, 11) is 0.